The van der Waals surface area contributed by atoms with E-state index < -0.39 is 12.7 Å². The average molecular weight is 494 g/mol. The Hall–Kier alpha value is -3.39. The maximum atomic E-state index is 13.4. The molecule has 2 aromatic carbocycles. The van der Waals surface area contributed by atoms with E-state index in [9.17, 15) is 18.0 Å². The topological polar surface area (TPSA) is 49.6 Å². The van der Waals surface area contributed by atoms with Gasteiger partial charge in [-0.05, 0) is 62.1 Å². The average Bonchev–Trinajstić information content (AvgIpc) is 3.63. The van der Waals surface area contributed by atoms with Crippen LogP contribution in [0.25, 0.3) is 33.7 Å². The van der Waals surface area contributed by atoms with Crippen molar-refractivity contribution in [3.63, 3.8) is 0 Å². The lowest BCUT2D eigenvalue weighted by Gasteiger charge is -2.43. The molecule has 4 aliphatic rings. The largest absolute Gasteiger partial charge is 0.452 e. The Kier molecular flexibility index (Phi) is 5.16. The van der Waals surface area contributed by atoms with Gasteiger partial charge in [-0.2, -0.15) is 13.2 Å². The first-order chi connectivity index (χ1) is 17.2. The van der Waals surface area contributed by atoms with Gasteiger partial charge in [0.15, 0.2) is 16.8 Å². The molecule has 2 aromatic rings. The standard InChI is InChI=1S/C28H26F3N3O2/c1-17-18(2)25(35)23(26-24(17)32-21-5-3-4-6-22(21)36-26)19-7-9-20(10-8-19)33-13-14-34(16-28(29,30)31)27(15-33)11-12-27/h3-10H,11-16H2,1-2H3. The van der Waals surface area contributed by atoms with Gasteiger partial charge in [-0.1, -0.05) is 24.3 Å². The van der Waals surface area contributed by atoms with E-state index in [2.05, 4.69) is 4.90 Å². The van der Waals surface area contributed by atoms with Crippen LogP contribution in [0.15, 0.2) is 57.7 Å². The minimum atomic E-state index is -4.18. The van der Waals surface area contributed by atoms with E-state index in [1.807, 2.05) is 55.5 Å². The highest BCUT2D eigenvalue weighted by atomic mass is 19.4. The number of rotatable bonds is 3. The first-order valence-corrected chi connectivity index (χ1v) is 12.2. The van der Waals surface area contributed by atoms with Crippen molar-refractivity contribution in [3.8, 4) is 22.6 Å². The highest BCUT2D eigenvalue weighted by molar-refractivity contribution is 5.86. The van der Waals surface area contributed by atoms with Gasteiger partial charge in [0.1, 0.15) is 11.2 Å². The van der Waals surface area contributed by atoms with Crippen LogP contribution in [0, 0.1) is 13.8 Å². The second-order valence-electron chi connectivity index (χ2n) is 10.0. The predicted octanol–water partition coefficient (Wildman–Crippen LogP) is 5.79. The van der Waals surface area contributed by atoms with E-state index >= 15 is 0 Å². The Morgan fingerprint density at radius 2 is 1.72 bits per heavy atom. The fourth-order valence-electron chi connectivity index (χ4n) is 5.44. The lowest BCUT2D eigenvalue weighted by Crippen LogP contribution is -2.57. The van der Waals surface area contributed by atoms with Gasteiger partial charge in [-0.25, -0.2) is 4.98 Å². The molecule has 2 fully saturated rings. The number of fused-ring (bicyclic) bond motifs is 2. The van der Waals surface area contributed by atoms with Gasteiger partial charge >= 0.3 is 6.18 Å². The summed E-state index contributed by atoms with van der Waals surface area (Å²) in [7, 11) is 0. The third kappa shape index (κ3) is 3.84. The summed E-state index contributed by atoms with van der Waals surface area (Å²) in [4.78, 5) is 21.9. The molecule has 0 bridgehead atoms. The van der Waals surface area contributed by atoms with Gasteiger partial charge in [0.25, 0.3) is 0 Å². The smallest absolute Gasteiger partial charge is 0.401 e. The van der Waals surface area contributed by atoms with Crippen LogP contribution in [-0.2, 0) is 0 Å². The zero-order chi connectivity index (χ0) is 25.2. The van der Waals surface area contributed by atoms with Crippen molar-refractivity contribution in [1.82, 2.24) is 9.88 Å². The zero-order valence-electron chi connectivity index (χ0n) is 20.2. The quantitative estimate of drug-likeness (QED) is 0.338. The predicted molar refractivity (Wildman–Crippen MR) is 134 cm³/mol. The molecule has 0 aromatic heterocycles. The number of anilines is 1. The molecule has 0 unspecified atom stereocenters. The number of hydrogen-bond acceptors (Lipinski definition) is 5. The molecule has 0 atom stereocenters. The number of para-hydroxylation sites is 2. The SMILES string of the molecule is Cc1c2nc3ccccc3oc-2c(-c2ccc(N3CCN(CC(F)(F)F)C4(CC4)C3)cc2)c(=O)c1C. The minimum Gasteiger partial charge on any atom is -0.452 e. The molecule has 0 N–H and O–H groups in total. The first kappa shape index (κ1) is 23.0. The molecule has 2 aliphatic carbocycles. The van der Waals surface area contributed by atoms with Crippen LogP contribution in [0.2, 0.25) is 0 Å². The summed E-state index contributed by atoms with van der Waals surface area (Å²) < 4.78 is 45.3. The number of piperazine rings is 1. The zero-order valence-corrected chi connectivity index (χ0v) is 20.2. The van der Waals surface area contributed by atoms with Crippen molar-refractivity contribution in [1.29, 1.82) is 0 Å². The first-order valence-electron chi connectivity index (χ1n) is 12.2. The summed E-state index contributed by atoms with van der Waals surface area (Å²) in [5, 5.41) is 0. The van der Waals surface area contributed by atoms with Gasteiger partial charge in [0.2, 0.25) is 0 Å². The molecular weight excluding hydrogens is 467 g/mol. The van der Waals surface area contributed by atoms with E-state index in [0.717, 1.165) is 35.2 Å². The summed E-state index contributed by atoms with van der Waals surface area (Å²) in [6.45, 7) is 4.33. The Balaban J connectivity index is 1.35. The van der Waals surface area contributed by atoms with Gasteiger partial charge < -0.3 is 9.32 Å². The molecule has 6 rings (SSSR count). The number of alkyl halides is 3. The lowest BCUT2D eigenvalue weighted by molar-refractivity contribution is -0.153. The van der Waals surface area contributed by atoms with Crippen LogP contribution >= 0.6 is 0 Å². The second-order valence-corrected chi connectivity index (χ2v) is 10.0. The molecule has 36 heavy (non-hydrogen) atoms. The van der Waals surface area contributed by atoms with Crippen molar-refractivity contribution in [2.24, 2.45) is 0 Å². The minimum absolute atomic E-state index is 0.0914. The second kappa shape index (κ2) is 8.06. The van der Waals surface area contributed by atoms with Crippen LogP contribution in [0.1, 0.15) is 24.0 Å². The molecule has 5 nitrogen and oxygen atoms in total. The summed E-state index contributed by atoms with van der Waals surface area (Å²) in [5.74, 6) is 0.465. The molecule has 8 heteroatoms. The maximum Gasteiger partial charge on any atom is 0.401 e. The Morgan fingerprint density at radius 3 is 2.42 bits per heavy atom. The Labute approximate surface area is 206 Å². The molecule has 186 valence electrons. The van der Waals surface area contributed by atoms with Gasteiger partial charge in [-0.15, -0.1) is 0 Å². The molecule has 1 saturated carbocycles. The van der Waals surface area contributed by atoms with E-state index in [1.54, 1.807) is 11.8 Å². The third-order valence-electron chi connectivity index (χ3n) is 7.75. The highest BCUT2D eigenvalue weighted by Gasteiger charge is 2.53. The van der Waals surface area contributed by atoms with E-state index in [0.29, 0.717) is 47.8 Å². The number of nitrogens with zero attached hydrogens (tertiary/aromatic N) is 3. The van der Waals surface area contributed by atoms with Crippen LogP contribution in [0.5, 0.6) is 0 Å². The van der Waals surface area contributed by atoms with E-state index in [4.69, 9.17) is 9.40 Å². The van der Waals surface area contributed by atoms with Crippen LogP contribution in [0.3, 0.4) is 0 Å². The van der Waals surface area contributed by atoms with Crippen molar-refractivity contribution in [3.05, 3.63) is 69.9 Å². The normalized spacial score (nSPS) is 17.9. The van der Waals surface area contributed by atoms with Gasteiger partial charge in [0, 0.05) is 36.4 Å². The molecule has 0 amide bonds. The number of benzene rings is 3. The number of aromatic nitrogens is 1. The summed E-state index contributed by atoms with van der Waals surface area (Å²) in [5.41, 5.74) is 5.12. The number of hydrogen-bond donors (Lipinski definition) is 0. The van der Waals surface area contributed by atoms with Crippen LogP contribution in [0.4, 0.5) is 18.9 Å². The van der Waals surface area contributed by atoms with Crippen molar-refractivity contribution >= 4 is 16.8 Å². The Morgan fingerprint density at radius 1 is 1.00 bits per heavy atom. The lowest BCUT2D eigenvalue weighted by atomic mass is 9.93. The fraction of sp³-hybridized carbons (Fsp3) is 0.357. The molecule has 2 heterocycles. The van der Waals surface area contributed by atoms with Crippen LogP contribution < -0.4 is 10.3 Å². The van der Waals surface area contributed by atoms with Gasteiger partial charge in [-0.3, -0.25) is 9.69 Å². The maximum absolute atomic E-state index is 13.4. The van der Waals surface area contributed by atoms with Crippen molar-refractivity contribution in [2.75, 3.05) is 31.1 Å². The monoisotopic (exact) mass is 493 g/mol. The molecule has 1 saturated heterocycles. The highest BCUT2D eigenvalue weighted by Crippen LogP contribution is 2.46. The molecular formula is C28H26F3N3O2. The molecule has 1 spiro atoms. The van der Waals surface area contributed by atoms with Crippen molar-refractivity contribution in [2.45, 2.75) is 38.4 Å². The molecule has 0 radical (unpaired) electrons. The number of halogens is 3. The fourth-order valence-corrected chi connectivity index (χ4v) is 5.44. The summed E-state index contributed by atoms with van der Waals surface area (Å²) in [6, 6.07) is 15.2. The van der Waals surface area contributed by atoms with E-state index in [-0.39, 0.29) is 11.0 Å². The van der Waals surface area contributed by atoms with Gasteiger partial charge in [0.05, 0.1) is 12.1 Å². The third-order valence-corrected chi connectivity index (χ3v) is 7.75. The van der Waals surface area contributed by atoms with Crippen LogP contribution in [-0.4, -0.2) is 47.8 Å². The van der Waals surface area contributed by atoms with E-state index in [1.165, 1.54) is 0 Å². The van der Waals surface area contributed by atoms with Crippen molar-refractivity contribution < 1.29 is 17.6 Å². The molecule has 2 aliphatic heterocycles. The Bertz CT molecular complexity index is 1490. The summed E-state index contributed by atoms with van der Waals surface area (Å²) in [6.07, 6.45) is -2.61. The summed E-state index contributed by atoms with van der Waals surface area (Å²) >= 11 is 0.